The maximum atomic E-state index is 12.4. The Bertz CT molecular complexity index is 956. The number of pyridine rings is 1. The van der Waals surface area contributed by atoms with E-state index in [4.69, 9.17) is 0 Å². The minimum absolute atomic E-state index is 0.0523. The molecule has 1 aromatic heterocycles. The van der Waals surface area contributed by atoms with E-state index in [1.54, 1.807) is 4.90 Å². The molecule has 0 spiro atoms. The SMILES string of the molecule is Cc1ccc2cc(C[NH2+]C3CC[NH+](Cc4ccccc4)CC3)c(=O)[nH]c2c1. The number of likely N-dealkylation sites (tertiary alicyclic amines) is 1. The molecule has 2 aromatic carbocycles. The summed E-state index contributed by atoms with van der Waals surface area (Å²) < 4.78 is 0. The smallest absolute Gasteiger partial charge is 0.257 e. The number of aryl methyl sites for hydroxylation is 1. The molecule has 0 amide bonds. The molecule has 3 aromatic rings. The molecule has 0 bridgehead atoms. The Labute approximate surface area is 160 Å². The second kappa shape index (κ2) is 8.07. The molecule has 1 aliphatic rings. The molecule has 27 heavy (non-hydrogen) atoms. The van der Waals surface area contributed by atoms with Crippen LogP contribution in [0.1, 0.15) is 29.5 Å². The van der Waals surface area contributed by atoms with Gasteiger partial charge in [-0.15, -0.1) is 0 Å². The predicted octanol–water partition coefficient (Wildman–Crippen LogP) is 1.15. The number of aromatic amines is 1. The summed E-state index contributed by atoms with van der Waals surface area (Å²) in [5.41, 5.74) is 4.46. The van der Waals surface area contributed by atoms with E-state index < -0.39 is 0 Å². The fraction of sp³-hybridized carbons (Fsp3) is 0.348. The molecule has 140 valence electrons. The Morgan fingerprint density at radius 2 is 1.85 bits per heavy atom. The number of rotatable bonds is 5. The topological polar surface area (TPSA) is 53.9 Å². The number of H-pyrrole nitrogens is 1. The van der Waals surface area contributed by atoms with Crippen LogP contribution in [0.5, 0.6) is 0 Å². The zero-order chi connectivity index (χ0) is 18.6. The molecule has 2 heterocycles. The fourth-order valence-corrected chi connectivity index (χ4v) is 4.15. The third kappa shape index (κ3) is 4.46. The highest BCUT2D eigenvalue weighted by molar-refractivity contribution is 5.79. The molecule has 1 aliphatic heterocycles. The van der Waals surface area contributed by atoms with Gasteiger partial charge in [-0.1, -0.05) is 42.5 Å². The van der Waals surface area contributed by atoms with Gasteiger partial charge in [-0.3, -0.25) is 4.79 Å². The van der Waals surface area contributed by atoms with Gasteiger partial charge in [-0.2, -0.15) is 0 Å². The number of hydrogen-bond donors (Lipinski definition) is 3. The third-order valence-corrected chi connectivity index (χ3v) is 5.78. The zero-order valence-electron chi connectivity index (χ0n) is 16.0. The van der Waals surface area contributed by atoms with Gasteiger partial charge >= 0.3 is 0 Å². The Kier molecular flexibility index (Phi) is 5.37. The van der Waals surface area contributed by atoms with Crippen LogP contribution in [0.25, 0.3) is 10.9 Å². The van der Waals surface area contributed by atoms with Gasteiger partial charge in [0, 0.05) is 23.9 Å². The number of nitrogens with two attached hydrogens (primary N) is 1. The van der Waals surface area contributed by atoms with Crippen LogP contribution < -0.4 is 15.8 Å². The minimum Gasteiger partial charge on any atom is -0.340 e. The summed E-state index contributed by atoms with van der Waals surface area (Å²) in [6.45, 7) is 6.35. The monoisotopic (exact) mass is 363 g/mol. The lowest BCUT2D eigenvalue weighted by atomic mass is 10.0. The van der Waals surface area contributed by atoms with Gasteiger partial charge in [0.25, 0.3) is 5.56 Å². The largest absolute Gasteiger partial charge is 0.340 e. The first-order chi connectivity index (χ1) is 13.2. The summed E-state index contributed by atoms with van der Waals surface area (Å²) >= 11 is 0. The van der Waals surface area contributed by atoms with E-state index in [1.807, 2.05) is 13.0 Å². The lowest BCUT2D eigenvalue weighted by Gasteiger charge is -2.28. The molecule has 0 saturated carbocycles. The van der Waals surface area contributed by atoms with Crippen molar-refractivity contribution in [2.75, 3.05) is 13.1 Å². The molecule has 0 aliphatic carbocycles. The average molecular weight is 364 g/mol. The molecule has 4 heteroatoms. The third-order valence-electron chi connectivity index (χ3n) is 5.78. The lowest BCUT2D eigenvalue weighted by Crippen LogP contribution is -3.13. The van der Waals surface area contributed by atoms with Crippen molar-refractivity contribution in [2.45, 2.75) is 38.9 Å². The Morgan fingerprint density at radius 1 is 1.07 bits per heavy atom. The molecule has 4 N–H and O–H groups in total. The lowest BCUT2D eigenvalue weighted by molar-refractivity contribution is -0.926. The number of quaternary nitrogens is 2. The summed E-state index contributed by atoms with van der Waals surface area (Å²) in [5, 5.41) is 3.48. The number of hydrogen-bond acceptors (Lipinski definition) is 1. The van der Waals surface area contributed by atoms with E-state index in [0.717, 1.165) is 29.6 Å². The van der Waals surface area contributed by atoms with Gasteiger partial charge in [0.05, 0.1) is 24.7 Å². The Morgan fingerprint density at radius 3 is 2.63 bits per heavy atom. The van der Waals surface area contributed by atoms with E-state index in [0.29, 0.717) is 6.04 Å². The van der Waals surface area contributed by atoms with Crippen LogP contribution in [-0.4, -0.2) is 24.1 Å². The molecule has 1 saturated heterocycles. The molecular weight excluding hydrogens is 334 g/mol. The summed E-state index contributed by atoms with van der Waals surface area (Å²) in [6.07, 6.45) is 2.43. The second-order valence-electron chi connectivity index (χ2n) is 7.90. The quantitative estimate of drug-likeness (QED) is 0.626. The van der Waals surface area contributed by atoms with Crippen molar-refractivity contribution in [3.63, 3.8) is 0 Å². The van der Waals surface area contributed by atoms with E-state index >= 15 is 0 Å². The maximum absolute atomic E-state index is 12.4. The van der Waals surface area contributed by atoms with Crippen LogP contribution in [0.15, 0.2) is 59.4 Å². The maximum Gasteiger partial charge on any atom is 0.257 e. The van der Waals surface area contributed by atoms with E-state index in [1.165, 1.54) is 37.1 Å². The fourth-order valence-electron chi connectivity index (χ4n) is 4.15. The van der Waals surface area contributed by atoms with Gasteiger partial charge in [-0.25, -0.2) is 0 Å². The number of piperidine rings is 1. The van der Waals surface area contributed by atoms with Crippen LogP contribution in [0.2, 0.25) is 0 Å². The van der Waals surface area contributed by atoms with Crippen LogP contribution in [0.4, 0.5) is 0 Å². The molecule has 0 unspecified atom stereocenters. The first-order valence-corrected chi connectivity index (χ1v) is 10.0. The van der Waals surface area contributed by atoms with Crippen LogP contribution in [0, 0.1) is 6.92 Å². The molecular formula is C23H29N3O+2. The van der Waals surface area contributed by atoms with Gasteiger partial charge < -0.3 is 15.2 Å². The molecule has 4 rings (SSSR count). The standard InChI is InChI=1S/C23H27N3O/c1-17-7-8-19-14-20(23(27)25-22(19)13-17)15-24-21-9-11-26(12-10-21)16-18-5-3-2-4-6-18/h2-8,13-14,21,24H,9-12,15-16H2,1H3,(H,25,27)/p+2. The van der Waals surface area contributed by atoms with E-state index in [9.17, 15) is 4.79 Å². The second-order valence-corrected chi connectivity index (χ2v) is 7.90. The molecule has 1 fully saturated rings. The summed E-state index contributed by atoms with van der Waals surface area (Å²) in [6, 6.07) is 19.7. The van der Waals surface area contributed by atoms with Crippen molar-refractivity contribution in [1.29, 1.82) is 0 Å². The summed E-state index contributed by atoms with van der Waals surface area (Å²) in [5.74, 6) is 0. The highest BCUT2D eigenvalue weighted by Gasteiger charge is 2.24. The van der Waals surface area contributed by atoms with Crippen molar-refractivity contribution in [1.82, 2.24) is 4.98 Å². The molecule has 0 atom stereocenters. The highest BCUT2D eigenvalue weighted by Crippen LogP contribution is 2.12. The van der Waals surface area contributed by atoms with Crippen molar-refractivity contribution in [2.24, 2.45) is 0 Å². The van der Waals surface area contributed by atoms with Crippen LogP contribution in [0.3, 0.4) is 0 Å². The predicted molar refractivity (Wildman–Crippen MR) is 109 cm³/mol. The normalized spacial score (nSPS) is 20.0. The first-order valence-electron chi connectivity index (χ1n) is 10.0. The first kappa shape index (κ1) is 18.0. The van der Waals surface area contributed by atoms with Crippen LogP contribution in [-0.2, 0) is 13.1 Å². The Hall–Kier alpha value is -2.43. The average Bonchev–Trinajstić information content (AvgIpc) is 2.68. The van der Waals surface area contributed by atoms with Gasteiger partial charge in [0.15, 0.2) is 0 Å². The van der Waals surface area contributed by atoms with E-state index in [-0.39, 0.29) is 5.56 Å². The number of fused-ring (bicyclic) bond motifs is 1. The summed E-state index contributed by atoms with van der Waals surface area (Å²) in [7, 11) is 0. The van der Waals surface area contributed by atoms with Crippen molar-refractivity contribution < 1.29 is 10.2 Å². The van der Waals surface area contributed by atoms with Crippen molar-refractivity contribution >= 4 is 10.9 Å². The zero-order valence-corrected chi connectivity index (χ0v) is 16.0. The number of benzene rings is 2. The van der Waals surface area contributed by atoms with Crippen LogP contribution >= 0.6 is 0 Å². The van der Waals surface area contributed by atoms with Gasteiger partial charge in [-0.05, 0) is 30.0 Å². The van der Waals surface area contributed by atoms with Gasteiger partial charge in [0.2, 0.25) is 0 Å². The van der Waals surface area contributed by atoms with Crippen molar-refractivity contribution in [3.8, 4) is 0 Å². The Balaban J connectivity index is 1.32. The van der Waals surface area contributed by atoms with Gasteiger partial charge in [0.1, 0.15) is 13.1 Å². The highest BCUT2D eigenvalue weighted by atomic mass is 16.1. The minimum atomic E-state index is 0.0523. The van der Waals surface area contributed by atoms with Crippen molar-refractivity contribution in [3.05, 3.63) is 81.6 Å². The van der Waals surface area contributed by atoms with E-state index in [2.05, 4.69) is 58.8 Å². The number of aromatic nitrogens is 1. The molecule has 4 nitrogen and oxygen atoms in total. The molecule has 0 radical (unpaired) electrons. The summed E-state index contributed by atoms with van der Waals surface area (Å²) in [4.78, 5) is 17.1. The number of nitrogens with one attached hydrogen (secondary N) is 2.